The Bertz CT molecular complexity index is 1070. The normalized spacial score (nSPS) is 21.9. The Kier molecular flexibility index (Phi) is 4.43. The van der Waals surface area contributed by atoms with Gasteiger partial charge in [-0.05, 0) is 74.1 Å². The minimum Gasteiger partial charge on any atom is -0.279 e. The lowest BCUT2D eigenvalue weighted by Gasteiger charge is -2.16. The van der Waals surface area contributed by atoms with Crippen molar-refractivity contribution < 1.29 is 8.42 Å². The highest BCUT2D eigenvalue weighted by Gasteiger charge is 2.28. The number of rotatable bonds is 5. The van der Waals surface area contributed by atoms with E-state index in [-0.39, 0.29) is 11.7 Å². The predicted octanol–water partition coefficient (Wildman–Crippen LogP) is 1.63. The predicted molar refractivity (Wildman–Crippen MR) is 105 cm³/mol. The van der Waals surface area contributed by atoms with Gasteiger partial charge in [-0.3, -0.25) is 4.57 Å². The number of benzene rings is 1. The van der Waals surface area contributed by atoms with Crippen LogP contribution in [0.1, 0.15) is 49.1 Å². The van der Waals surface area contributed by atoms with Gasteiger partial charge >= 0.3 is 5.69 Å². The van der Waals surface area contributed by atoms with Crippen LogP contribution in [0.4, 0.5) is 0 Å². The first kappa shape index (κ1) is 18.1. The van der Waals surface area contributed by atoms with E-state index in [1.54, 1.807) is 15.3 Å². The van der Waals surface area contributed by atoms with Gasteiger partial charge in [0.25, 0.3) is 0 Å². The Morgan fingerprint density at radius 1 is 1.07 bits per heavy atom. The smallest absolute Gasteiger partial charge is 0.279 e. The molecule has 1 aromatic heterocycles. The number of hydrogen-bond acceptors (Lipinski definition) is 4. The van der Waals surface area contributed by atoms with E-state index in [4.69, 9.17) is 0 Å². The zero-order chi connectivity index (χ0) is 19.3. The van der Waals surface area contributed by atoms with Gasteiger partial charge < -0.3 is 0 Å². The number of nitrogens with zero attached hydrogens (tertiary/aromatic N) is 3. The highest BCUT2D eigenvalue weighted by molar-refractivity contribution is 7.89. The first-order chi connectivity index (χ1) is 13.5. The molecule has 0 spiro atoms. The Balaban J connectivity index is 1.29. The molecule has 2 heterocycles. The van der Waals surface area contributed by atoms with E-state index in [2.05, 4.69) is 9.82 Å². The zero-order valence-electron chi connectivity index (χ0n) is 15.9. The Morgan fingerprint density at radius 2 is 1.89 bits per heavy atom. The van der Waals surface area contributed by atoms with Crippen LogP contribution in [-0.4, -0.2) is 28.8 Å². The molecule has 0 bridgehead atoms. The third kappa shape index (κ3) is 3.43. The monoisotopic (exact) mass is 402 g/mol. The van der Waals surface area contributed by atoms with E-state index in [9.17, 15) is 13.2 Å². The minimum absolute atomic E-state index is 0.0518. The number of nitrogens with one attached hydrogen (secondary N) is 1. The molecule has 8 heteroatoms. The second-order valence-corrected chi connectivity index (χ2v) is 10.1. The maximum Gasteiger partial charge on any atom is 0.345 e. The van der Waals surface area contributed by atoms with Crippen molar-refractivity contribution in [3.05, 3.63) is 45.6 Å². The number of aryl methyl sites for hydroxylation is 3. The van der Waals surface area contributed by atoms with Gasteiger partial charge in [-0.2, -0.15) is 5.10 Å². The highest BCUT2D eigenvalue weighted by atomic mass is 32.2. The second-order valence-electron chi connectivity index (χ2n) is 8.41. The van der Waals surface area contributed by atoms with Crippen molar-refractivity contribution in [3.63, 3.8) is 0 Å². The summed E-state index contributed by atoms with van der Waals surface area (Å²) < 4.78 is 31.9. The molecule has 2 aromatic rings. The average molecular weight is 403 g/mol. The molecule has 0 radical (unpaired) electrons. The van der Waals surface area contributed by atoms with Crippen molar-refractivity contribution in [3.8, 4) is 0 Å². The molecule has 2 aliphatic carbocycles. The van der Waals surface area contributed by atoms with Gasteiger partial charge in [-0.25, -0.2) is 22.6 Å². The largest absolute Gasteiger partial charge is 0.345 e. The van der Waals surface area contributed by atoms with Crippen LogP contribution in [0, 0.1) is 5.92 Å². The molecular weight excluding hydrogens is 376 g/mol. The number of hydrogen-bond donors (Lipinski definition) is 1. The van der Waals surface area contributed by atoms with E-state index in [1.807, 2.05) is 12.1 Å². The van der Waals surface area contributed by atoms with Gasteiger partial charge in [-0.15, -0.1) is 0 Å². The van der Waals surface area contributed by atoms with Crippen LogP contribution in [0.15, 0.2) is 27.9 Å². The van der Waals surface area contributed by atoms with Gasteiger partial charge in [0.05, 0.1) is 4.90 Å². The fourth-order valence-corrected chi connectivity index (χ4v) is 5.77. The second kappa shape index (κ2) is 6.84. The maximum atomic E-state index is 12.9. The van der Waals surface area contributed by atoms with Crippen LogP contribution < -0.4 is 10.4 Å². The van der Waals surface area contributed by atoms with Crippen LogP contribution in [-0.2, 0) is 42.4 Å². The van der Waals surface area contributed by atoms with Crippen molar-refractivity contribution in [2.45, 2.75) is 75.4 Å². The quantitative estimate of drug-likeness (QED) is 0.824. The van der Waals surface area contributed by atoms with Gasteiger partial charge in [0, 0.05) is 25.6 Å². The lowest BCUT2D eigenvalue weighted by Crippen LogP contribution is -2.36. The molecular formula is C20H26N4O3S. The number of sulfonamides is 1. The van der Waals surface area contributed by atoms with Crippen molar-refractivity contribution in [2.75, 3.05) is 0 Å². The molecule has 7 nitrogen and oxygen atoms in total. The van der Waals surface area contributed by atoms with Crippen LogP contribution >= 0.6 is 0 Å². The van der Waals surface area contributed by atoms with E-state index in [1.165, 1.54) is 18.4 Å². The molecule has 5 rings (SSSR count). The summed E-state index contributed by atoms with van der Waals surface area (Å²) >= 11 is 0. The van der Waals surface area contributed by atoms with Crippen molar-refractivity contribution >= 4 is 10.0 Å². The SMILES string of the molecule is O=c1n(CC2CC2)nc2n1CCC(NS(=O)(=O)c1ccc3c(c1)CCC3)CC2. The third-order valence-electron chi connectivity index (χ3n) is 6.25. The van der Waals surface area contributed by atoms with Gasteiger partial charge in [-0.1, -0.05) is 6.07 Å². The van der Waals surface area contributed by atoms with E-state index in [0.717, 1.165) is 30.7 Å². The molecule has 1 fully saturated rings. The van der Waals surface area contributed by atoms with Crippen molar-refractivity contribution in [2.24, 2.45) is 5.92 Å². The summed E-state index contributed by atoms with van der Waals surface area (Å²) in [6.07, 6.45) is 7.33. The van der Waals surface area contributed by atoms with Crippen molar-refractivity contribution in [1.82, 2.24) is 19.1 Å². The lowest BCUT2D eigenvalue weighted by molar-refractivity contribution is 0.479. The summed E-state index contributed by atoms with van der Waals surface area (Å²) in [5.41, 5.74) is 2.37. The lowest BCUT2D eigenvalue weighted by atomic mass is 10.1. The number of aromatic nitrogens is 3. The standard InChI is InChI=1S/C20H26N4O3S/c25-20-23-11-10-17(7-9-19(23)21-24(20)13-14-4-5-14)22-28(26,27)18-8-6-15-2-1-3-16(15)12-18/h6,8,12,14,17,22H,1-5,7,9-11,13H2. The van der Waals surface area contributed by atoms with E-state index >= 15 is 0 Å². The summed E-state index contributed by atoms with van der Waals surface area (Å²) in [5, 5.41) is 4.51. The third-order valence-corrected chi connectivity index (χ3v) is 7.77. The summed E-state index contributed by atoms with van der Waals surface area (Å²) in [6, 6.07) is 5.30. The molecule has 3 aliphatic rings. The van der Waals surface area contributed by atoms with Gasteiger partial charge in [0.2, 0.25) is 10.0 Å². The Morgan fingerprint density at radius 3 is 2.71 bits per heavy atom. The van der Waals surface area contributed by atoms with Crippen LogP contribution in [0.3, 0.4) is 0 Å². The van der Waals surface area contributed by atoms with Crippen molar-refractivity contribution in [1.29, 1.82) is 0 Å². The van der Waals surface area contributed by atoms with Gasteiger partial charge in [0.15, 0.2) is 0 Å². The molecule has 150 valence electrons. The molecule has 1 aliphatic heterocycles. The fourth-order valence-electron chi connectivity index (χ4n) is 4.41. The number of fused-ring (bicyclic) bond motifs is 2. The zero-order valence-corrected chi connectivity index (χ0v) is 16.7. The van der Waals surface area contributed by atoms with E-state index in [0.29, 0.717) is 43.2 Å². The first-order valence-electron chi connectivity index (χ1n) is 10.3. The summed E-state index contributed by atoms with van der Waals surface area (Å²) in [6.45, 7) is 1.23. The van der Waals surface area contributed by atoms with Crippen LogP contribution in [0.25, 0.3) is 0 Å². The Hall–Kier alpha value is -1.93. The molecule has 1 aromatic carbocycles. The topological polar surface area (TPSA) is 86.0 Å². The molecule has 1 saturated carbocycles. The Labute approximate surface area is 164 Å². The van der Waals surface area contributed by atoms with E-state index < -0.39 is 10.0 Å². The maximum absolute atomic E-state index is 12.9. The highest BCUT2D eigenvalue weighted by Crippen LogP contribution is 2.30. The molecule has 1 atom stereocenters. The molecule has 0 saturated heterocycles. The minimum atomic E-state index is -3.56. The fraction of sp³-hybridized carbons (Fsp3) is 0.600. The molecule has 28 heavy (non-hydrogen) atoms. The average Bonchev–Trinajstić information content (AvgIpc) is 3.32. The first-order valence-corrected chi connectivity index (χ1v) is 11.8. The van der Waals surface area contributed by atoms with Gasteiger partial charge in [0.1, 0.15) is 5.82 Å². The molecule has 1 unspecified atom stereocenters. The van der Waals surface area contributed by atoms with Crippen LogP contribution in [0.5, 0.6) is 0 Å². The summed E-state index contributed by atoms with van der Waals surface area (Å²) in [4.78, 5) is 12.9. The molecule has 0 amide bonds. The van der Waals surface area contributed by atoms with Crippen LogP contribution in [0.2, 0.25) is 0 Å². The summed E-state index contributed by atoms with van der Waals surface area (Å²) in [7, 11) is -3.56. The molecule has 1 N–H and O–H groups in total. The summed E-state index contributed by atoms with van der Waals surface area (Å²) in [5.74, 6) is 1.38.